The molecule has 0 aliphatic rings. The summed E-state index contributed by atoms with van der Waals surface area (Å²) in [5.41, 5.74) is 0.649. The standard InChI is InChI=1S/C21H23F3N2O3/c1-4-26(20(28)13-29-18-10-9-14(2)11-15(18)3)12-19(27)25-17-8-6-5-7-16(17)21(22,23)24/h5-11H,4,12-13H2,1-3H3,(H,25,27). The number of carbonyl (C=O) groups excluding carboxylic acids is 2. The number of alkyl halides is 3. The van der Waals surface area contributed by atoms with Crippen LogP contribution in [0.1, 0.15) is 23.6 Å². The first-order valence-corrected chi connectivity index (χ1v) is 9.05. The molecule has 2 amide bonds. The number of nitrogens with one attached hydrogen (secondary N) is 1. The Morgan fingerprint density at radius 3 is 2.41 bits per heavy atom. The molecule has 0 aliphatic carbocycles. The molecule has 0 aromatic heterocycles. The van der Waals surface area contributed by atoms with Gasteiger partial charge in [0.05, 0.1) is 17.8 Å². The van der Waals surface area contributed by atoms with Crippen LogP contribution in [0.2, 0.25) is 0 Å². The number of likely N-dealkylation sites (N-methyl/N-ethyl adjacent to an activating group) is 1. The van der Waals surface area contributed by atoms with Gasteiger partial charge in [0.25, 0.3) is 5.91 Å². The van der Waals surface area contributed by atoms with Gasteiger partial charge < -0.3 is 15.0 Å². The number of rotatable bonds is 7. The van der Waals surface area contributed by atoms with E-state index >= 15 is 0 Å². The number of halogens is 3. The first-order valence-electron chi connectivity index (χ1n) is 9.05. The third-order valence-electron chi connectivity index (χ3n) is 4.26. The molecule has 0 saturated carbocycles. The van der Waals surface area contributed by atoms with Crippen LogP contribution in [0.15, 0.2) is 42.5 Å². The van der Waals surface area contributed by atoms with Crippen LogP contribution >= 0.6 is 0 Å². The number of ether oxygens (including phenoxy) is 1. The Morgan fingerprint density at radius 2 is 1.79 bits per heavy atom. The summed E-state index contributed by atoms with van der Waals surface area (Å²) in [5.74, 6) is -0.598. The highest BCUT2D eigenvalue weighted by atomic mass is 19.4. The molecule has 2 aromatic rings. The lowest BCUT2D eigenvalue weighted by Gasteiger charge is -2.21. The fourth-order valence-corrected chi connectivity index (χ4v) is 2.77. The predicted molar refractivity (Wildman–Crippen MR) is 104 cm³/mol. The summed E-state index contributed by atoms with van der Waals surface area (Å²) >= 11 is 0. The van der Waals surface area contributed by atoms with Gasteiger partial charge in [0.2, 0.25) is 5.91 Å². The molecule has 0 spiro atoms. The Kier molecular flexibility index (Phi) is 7.25. The van der Waals surface area contributed by atoms with E-state index in [4.69, 9.17) is 4.74 Å². The zero-order chi connectivity index (χ0) is 21.6. The van der Waals surface area contributed by atoms with Crippen molar-refractivity contribution in [3.63, 3.8) is 0 Å². The second-order valence-corrected chi connectivity index (χ2v) is 6.56. The van der Waals surface area contributed by atoms with Crippen molar-refractivity contribution in [2.75, 3.05) is 25.0 Å². The van der Waals surface area contributed by atoms with Crippen LogP contribution in [-0.4, -0.2) is 36.4 Å². The highest BCUT2D eigenvalue weighted by molar-refractivity contribution is 5.95. The van der Waals surface area contributed by atoms with Crippen LogP contribution in [-0.2, 0) is 15.8 Å². The first kappa shape index (κ1) is 22.3. The summed E-state index contributed by atoms with van der Waals surface area (Å²) in [7, 11) is 0. The van der Waals surface area contributed by atoms with E-state index < -0.39 is 23.6 Å². The molecular formula is C21H23F3N2O3. The maximum Gasteiger partial charge on any atom is 0.418 e. The minimum atomic E-state index is -4.59. The summed E-state index contributed by atoms with van der Waals surface area (Å²) in [6.07, 6.45) is -4.59. The number of nitrogens with zero attached hydrogens (tertiary/aromatic N) is 1. The van der Waals surface area contributed by atoms with Crippen LogP contribution in [0.3, 0.4) is 0 Å². The molecule has 1 N–H and O–H groups in total. The van der Waals surface area contributed by atoms with Crippen molar-refractivity contribution in [2.45, 2.75) is 26.9 Å². The Hall–Kier alpha value is -3.03. The van der Waals surface area contributed by atoms with Crippen LogP contribution < -0.4 is 10.1 Å². The normalized spacial score (nSPS) is 11.1. The van der Waals surface area contributed by atoms with Crippen molar-refractivity contribution in [1.29, 1.82) is 0 Å². The van der Waals surface area contributed by atoms with Crippen LogP contribution in [0.5, 0.6) is 5.75 Å². The fourth-order valence-electron chi connectivity index (χ4n) is 2.77. The molecule has 0 saturated heterocycles. The molecule has 0 atom stereocenters. The lowest BCUT2D eigenvalue weighted by Crippen LogP contribution is -2.40. The zero-order valence-electron chi connectivity index (χ0n) is 16.5. The third-order valence-corrected chi connectivity index (χ3v) is 4.26. The maximum absolute atomic E-state index is 13.0. The Labute approximate surface area is 167 Å². The van der Waals surface area contributed by atoms with Crippen LogP contribution in [0.25, 0.3) is 0 Å². The highest BCUT2D eigenvalue weighted by Crippen LogP contribution is 2.34. The SMILES string of the molecule is CCN(CC(=O)Nc1ccccc1C(F)(F)F)C(=O)COc1ccc(C)cc1C. The minimum Gasteiger partial charge on any atom is -0.484 e. The number of hydrogen-bond acceptors (Lipinski definition) is 3. The van der Waals surface area contributed by atoms with E-state index in [-0.39, 0.29) is 25.4 Å². The number of amides is 2. The average molecular weight is 408 g/mol. The van der Waals surface area contributed by atoms with E-state index in [0.29, 0.717) is 5.75 Å². The van der Waals surface area contributed by atoms with E-state index in [1.807, 2.05) is 26.0 Å². The van der Waals surface area contributed by atoms with Gasteiger partial charge in [0, 0.05) is 6.54 Å². The predicted octanol–water partition coefficient (Wildman–Crippen LogP) is 4.19. The van der Waals surface area contributed by atoms with Crippen LogP contribution in [0, 0.1) is 13.8 Å². The highest BCUT2D eigenvalue weighted by Gasteiger charge is 2.33. The second-order valence-electron chi connectivity index (χ2n) is 6.56. The summed E-state index contributed by atoms with van der Waals surface area (Å²) < 4.78 is 44.7. The largest absolute Gasteiger partial charge is 0.484 e. The van der Waals surface area contributed by atoms with Crippen molar-refractivity contribution in [3.05, 3.63) is 59.2 Å². The van der Waals surface area contributed by atoms with Gasteiger partial charge in [-0.2, -0.15) is 13.2 Å². The van der Waals surface area contributed by atoms with Crippen molar-refractivity contribution >= 4 is 17.5 Å². The molecular weight excluding hydrogens is 385 g/mol. The smallest absolute Gasteiger partial charge is 0.418 e. The van der Waals surface area contributed by atoms with Gasteiger partial charge in [-0.1, -0.05) is 29.8 Å². The number of hydrogen-bond donors (Lipinski definition) is 1. The number of carbonyl (C=O) groups is 2. The summed E-state index contributed by atoms with van der Waals surface area (Å²) in [5, 5.41) is 2.23. The third kappa shape index (κ3) is 6.23. The topological polar surface area (TPSA) is 58.6 Å². The Bertz CT molecular complexity index is 882. The number of para-hydroxylation sites is 1. The molecule has 0 aliphatic heterocycles. The van der Waals surface area contributed by atoms with Crippen LogP contribution in [0.4, 0.5) is 18.9 Å². The first-order chi connectivity index (χ1) is 13.6. The quantitative estimate of drug-likeness (QED) is 0.748. The van der Waals surface area contributed by atoms with Crippen molar-refractivity contribution in [3.8, 4) is 5.75 Å². The van der Waals surface area contributed by atoms with E-state index in [9.17, 15) is 22.8 Å². The monoisotopic (exact) mass is 408 g/mol. The Morgan fingerprint density at radius 1 is 1.10 bits per heavy atom. The van der Waals surface area contributed by atoms with E-state index in [2.05, 4.69) is 5.32 Å². The van der Waals surface area contributed by atoms with E-state index in [1.54, 1.807) is 13.0 Å². The molecule has 0 radical (unpaired) electrons. The zero-order valence-corrected chi connectivity index (χ0v) is 16.5. The summed E-state index contributed by atoms with van der Waals surface area (Å²) in [4.78, 5) is 25.8. The van der Waals surface area contributed by atoms with Gasteiger partial charge in [-0.15, -0.1) is 0 Å². The lowest BCUT2D eigenvalue weighted by atomic mass is 10.1. The van der Waals surface area contributed by atoms with Gasteiger partial charge >= 0.3 is 6.18 Å². The number of aryl methyl sites for hydroxylation is 2. The van der Waals surface area contributed by atoms with E-state index in [1.165, 1.54) is 23.1 Å². The second kappa shape index (κ2) is 9.45. The van der Waals surface area contributed by atoms with Crippen molar-refractivity contribution in [1.82, 2.24) is 4.90 Å². The summed E-state index contributed by atoms with van der Waals surface area (Å²) in [6.45, 7) is 5.03. The minimum absolute atomic E-state index is 0.212. The van der Waals surface area contributed by atoms with E-state index in [0.717, 1.165) is 17.2 Å². The molecule has 156 valence electrons. The van der Waals surface area contributed by atoms with Crippen molar-refractivity contribution in [2.24, 2.45) is 0 Å². The Balaban J connectivity index is 1.98. The molecule has 2 rings (SSSR count). The summed E-state index contributed by atoms with van der Waals surface area (Å²) in [6, 6.07) is 10.2. The lowest BCUT2D eigenvalue weighted by molar-refractivity contribution is -0.137. The molecule has 0 fully saturated rings. The molecule has 0 heterocycles. The molecule has 0 unspecified atom stereocenters. The van der Waals surface area contributed by atoms with Crippen molar-refractivity contribution < 1.29 is 27.5 Å². The van der Waals surface area contributed by atoms with Gasteiger partial charge in [0.1, 0.15) is 5.75 Å². The molecule has 5 nitrogen and oxygen atoms in total. The fraction of sp³-hybridized carbons (Fsp3) is 0.333. The van der Waals surface area contributed by atoms with Gasteiger partial charge in [-0.25, -0.2) is 0 Å². The maximum atomic E-state index is 13.0. The van der Waals surface area contributed by atoms with Gasteiger partial charge in [0.15, 0.2) is 6.61 Å². The molecule has 2 aromatic carbocycles. The molecule has 8 heteroatoms. The average Bonchev–Trinajstić information content (AvgIpc) is 2.64. The molecule has 29 heavy (non-hydrogen) atoms. The number of anilines is 1. The van der Waals surface area contributed by atoms with Gasteiger partial charge in [-0.05, 0) is 44.5 Å². The van der Waals surface area contributed by atoms with Gasteiger partial charge in [-0.3, -0.25) is 9.59 Å². The molecule has 0 bridgehead atoms. The number of benzene rings is 2.